The van der Waals surface area contributed by atoms with Crippen LogP contribution in [0.5, 0.6) is 5.75 Å². The van der Waals surface area contributed by atoms with Crippen LogP contribution in [0.4, 0.5) is 0 Å². The van der Waals surface area contributed by atoms with Gasteiger partial charge in [0.1, 0.15) is 11.8 Å². The molecule has 0 spiro atoms. The van der Waals surface area contributed by atoms with Crippen molar-refractivity contribution in [2.45, 2.75) is 70.2 Å². The topological polar surface area (TPSA) is 115 Å². The molecule has 2 heterocycles. The maximum Gasteiger partial charge on any atom is 0.243 e. The number of aliphatic hydroxyl groups is 1. The lowest BCUT2D eigenvalue weighted by Crippen LogP contribution is -2.61. The summed E-state index contributed by atoms with van der Waals surface area (Å²) in [5.41, 5.74) is 0.718. The lowest BCUT2D eigenvalue weighted by Gasteiger charge is -2.42. The number of pyridine rings is 1. The highest BCUT2D eigenvalue weighted by Gasteiger charge is 2.34. The lowest BCUT2D eigenvalue weighted by molar-refractivity contribution is -0.130. The van der Waals surface area contributed by atoms with E-state index >= 15 is 0 Å². The predicted molar refractivity (Wildman–Crippen MR) is 160 cm³/mol. The molecule has 1 saturated heterocycles. The van der Waals surface area contributed by atoms with E-state index in [1.807, 2.05) is 52.9 Å². The van der Waals surface area contributed by atoms with Gasteiger partial charge in [-0.25, -0.2) is 8.42 Å². The third-order valence-electron chi connectivity index (χ3n) is 6.94. The zero-order chi connectivity index (χ0) is 30.2. The number of aromatic nitrogens is 1. The number of aliphatic hydroxyl groups excluding tert-OH is 1. The first-order valence-electron chi connectivity index (χ1n) is 14.3. The summed E-state index contributed by atoms with van der Waals surface area (Å²) in [5.74, 6) is 0.602. The first-order valence-corrected chi connectivity index (χ1v) is 15.7. The molecule has 1 unspecified atom stereocenters. The van der Waals surface area contributed by atoms with Gasteiger partial charge in [-0.2, -0.15) is 4.31 Å². The number of sulfonamides is 1. The van der Waals surface area contributed by atoms with Crippen molar-refractivity contribution in [3.05, 3.63) is 54.4 Å². The molecule has 0 radical (unpaired) electrons. The number of carbonyl (C=O) groups excluding carboxylic acids is 1. The molecule has 11 heteroatoms. The van der Waals surface area contributed by atoms with E-state index in [0.717, 1.165) is 12.1 Å². The fourth-order valence-corrected chi connectivity index (χ4v) is 6.60. The van der Waals surface area contributed by atoms with Gasteiger partial charge in [-0.1, -0.05) is 19.9 Å². The molecule has 1 aliphatic heterocycles. The average Bonchev–Trinajstić information content (AvgIpc) is 2.91. The Morgan fingerprint density at radius 2 is 1.88 bits per heavy atom. The van der Waals surface area contributed by atoms with Gasteiger partial charge in [0.05, 0.1) is 18.1 Å². The maximum atomic E-state index is 13.5. The summed E-state index contributed by atoms with van der Waals surface area (Å²) in [4.78, 5) is 22.1. The van der Waals surface area contributed by atoms with Crippen molar-refractivity contribution < 1.29 is 23.1 Å². The number of hydrogen-bond acceptors (Lipinski definition) is 8. The van der Waals surface area contributed by atoms with Gasteiger partial charge in [0.25, 0.3) is 0 Å². The van der Waals surface area contributed by atoms with Gasteiger partial charge in [0, 0.05) is 63.7 Å². The Hall–Kier alpha value is -2.57. The molecular weight excluding hydrogens is 542 g/mol. The van der Waals surface area contributed by atoms with Gasteiger partial charge in [-0.15, -0.1) is 0 Å². The molecular formula is C30H47N5O5S. The van der Waals surface area contributed by atoms with Crippen molar-refractivity contribution in [2.75, 3.05) is 46.4 Å². The Bertz CT molecular complexity index is 1200. The van der Waals surface area contributed by atoms with Crippen LogP contribution in [0.3, 0.4) is 0 Å². The summed E-state index contributed by atoms with van der Waals surface area (Å²) >= 11 is 0. The van der Waals surface area contributed by atoms with Crippen LogP contribution in [0.25, 0.3) is 0 Å². The molecule has 1 amide bonds. The number of ether oxygens (including phenoxy) is 1. The van der Waals surface area contributed by atoms with Crippen molar-refractivity contribution >= 4 is 15.9 Å². The highest BCUT2D eigenvalue weighted by Crippen LogP contribution is 2.22. The van der Waals surface area contributed by atoms with Gasteiger partial charge in [-0.05, 0) is 69.0 Å². The Morgan fingerprint density at radius 1 is 1.17 bits per heavy atom. The summed E-state index contributed by atoms with van der Waals surface area (Å²) in [7, 11) is -2.28. The number of nitrogens with one attached hydrogen (secondary N) is 1. The average molecular weight is 590 g/mol. The zero-order valence-corrected chi connectivity index (χ0v) is 26.1. The molecule has 3 rings (SSSR count). The molecule has 1 aliphatic rings. The molecule has 1 aromatic carbocycles. The Balaban J connectivity index is 1.68. The van der Waals surface area contributed by atoms with E-state index in [9.17, 15) is 18.3 Å². The SMILES string of the molecule is COc1ccc(S(=O)(=O)N(CC(C)C)CC(O)CCN2CCN(Cc3cccnc3)C[C@H]2C(=O)NC(C)(C)C)cc1. The van der Waals surface area contributed by atoms with Gasteiger partial charge < -0.3 is 15.2 Å². The van der Waals surface area contributed by atoms with Gasteiger partial charge in [0.15, 0.2) is 0 Å². The molecule has 0 bridgehead atoms. The predicted octanol–water partition coefficient (Wildman–Crippen LogP) is 2.59. The fraction of sp³-hybridized carbons (Fsp3) is 0.600. The Morgan fingerprint density at radius 3 is 2.46 bits per heavy atom. The van der Waals surface area contributed by atoms with E-state index in [0.29, 0.717) is 38.3 Å². The van der Waals surface area contributed by atoms with E-state index in [2.05, 4.69) is 20.1 Å². The van der Waals surface area contributed by atoms with E-state index in [1.165, 1.54) is 23.5 Å². The number of piperazine rings is 1. The molecule has 228 valence electrons. The summed E-state index contributed by atoms with van der Waals surface area (Å²) < 4.78 is 33.5. The second-order valence-electron chi connectivity index (χ2n) is 12.2. The molecule has 41 heavy (non-hydrogen) atoms. The van der Waals surface area contributed by atoms with Crippen molar-refractivity contribution in [3.63, 3.8) is 0 Å². The van der Waals surface area contributed by atoms with Crippen LogP contribution >= 0.6 is 0 Å². The van der Waals surface area contributed by atoms with Crippen molar-refractivity contribution in [1.29, 1.82) is 0 Å². The number of methoxy groups -OCH3 is 1. The van der Waals surface area contributed by atoms with Crippen molar-refractivity contribution in [2.24, 2.45) is 5.92 Å². The second-order valence-corrected chi connectivity index (χ2v) is 14.2. The summed E-state index contributed by atoms with van der Waals surface area (Å²) in [6.07, 6.45) is 3.04. The lowest BCUT2D eigenvalue weighted by atomic mass is 10.0. The number of hydrogen-bond donors (Lipinski definition) is 2. The number of nitrogens with zero attached hydrogens (tertiary/aromatic N) is 4. The minimum atomic E-state index is -3.81. The summed E-state index contributed by atoms with van der Waals surface area (Å²) in [6.45, 7) is 13.2. The zero-order valence-electron chi connectivity index (χ0n) is 25.3. The standard InChI is InChI=1S/C30H47N5O5S/c1-23(2)19-35(41(38,39)27-11-9-26(40-6)10-12-27)21-25(36)13-15-34-17-16-33(20-24-8-7-14-31-18-24)22-28(34)29(37)32-30(3,4)5/h7-12,14,18,23,25,28,36H,13,15-17,19-22H2,1-6H3,(H,32,37)/t25?,28-/m0/s1. The molecule has 1 fully saturated rings. The Kier molecular flexibility index (Phi) is 11.7. The Labute approximate surface area is 245 Å². The molecule has 0 saturated carbocycles. The first kappa shape index (κ1) is 32.9. The number of benzene rings is 1. The third-order valence-corrected chi connectivity index (χ3v) is 8.78. The van der Waals surface area contributed by atoms with Crippen LogP contribution in [-0.2, 0) is 21.4 Å². The van der Waals surface area contributed by atoms with Crippen LogP contribution in [0.2, 0.25) is 0 Å². The van der Waals surface area contributed by atoms with Crippen LogP contribution < -0.4 is 10.1 Å². The van der Waals surface area contributed by atoms with Gasteiger partial charge >= 0.3 is 0 Å². The van der Waals surface area contributed by atoms with E-state index < -0.39 is 16.1 Å². The second kappa shape index (κ2) is 14.6. The van der Waals surface area contributed by atoms with Crippen molar-refractivity contribution in [1.82, 2.24) is 24.4 Å². The molecule has 0 aliphatic carbocycles. The van der Waals surface area contributed by atoms with Crippen molar-refractivity contribution in [3.8, 4) is 5.75 Å². The summed E-state index contributed by atoms with van der Waals surface area (Å²) in [6, 6.07) is 9.84. The monoisotopic (exact) mass is 589 g/mol. The summed E-state index contributed by atoms with van der Waals surface area (Å²) in [5, 5.41) is 14.2. The van der Waals surface area contributed by atoms with Gasteiger partial charge in [0.2, 0.25) is 15.9 Å². The van der Waals surface area contributed by atoms with E-state index in [1.54, 1.807) is 18.3 Å². The normalized spacial score (nSPS) is 18.0. The number of rotatable bonds is 13. The van der Waals surface area contributed by atoms with E-state index in [4.69, 9.17) is 4.74 Å². The molecule has 2 aromatic rings. The maximum absolute atomic E-state index is 13.5. The largest absolute Gasteiger partial charge is 0.497 e. The number of amides is 1. The minimum Gasteiger partial charge on any atom is -0.497 e. The highest BCUT2D eigenvalue weighted by molar-refractivity contribution is 7.89. The fourth-order valence-electron chi connectivity index (χ4n) is 4.96. The molecule has 2 atom stereocenters. The number of carbonyl (C=O) groups is 1. The highest BCUT2D eigenvalue weighted by atomic mass is 32.2. The molecule has 1 aromatic heterocycles. The van der Waals surface area contributed by atoms with Crippen LogP contribution in [-0.4, -0.2) is 103 Å². The molecule has 10 nitrogen and oxygen atoms in total. The smallest absolute Gasteiger partial charge is 0.243 e. The van der Waals surface area contributed by atoms with Gasteiger partial charge in [-0.3, -0.25) is 19.6 Å². The van der Waals surface area contributed by atoms with Crippen LogP contribution in [0, 0.1) is 5.92 Å². The van der Waals surface area contributed by atoms with E-state index in [-0.39, 0.29) is 41.4 Å². The quantitative estimate of drug-likeness (QED) is 0.367. The van der Waals surface area contributed by atoms with Crippen LogP contribution in [0.15, 0.2) is 53.7 Å². The minimum absolute atomic E-state index is 0.0215. The third kappa shape index (κ3) is 10.0. The molecule has 2 N–H and O–H groups in total. The van der Waals surface area contributed by atoms with Crippen LogP contribution in [0.1, 0.15) is 46.6 Å². The first-order chi connectivity index (χ1) is 19.3.